The molecule has 1 aromatic carbocycles. The van der Waals surface area contributed by atoms with Crippen molar-refractivity contribution in [2.24, 2.45) is 0 Å². The molecule has 22 heavy (non-hydrogen) atoms. The summed E-state index contributed by atoms with van der Waals surface area (Å²) in [4.78, 5) is 36.6. The summed E-state index contributed by atoms with van der Waals surface area (Å²) in [5.74, 6) is -0.00823. The van der Waals surface area contributed by atoms with Crippen molar-refractivity contribution in [1.82, 2.24) is 15.5 Å². The molecular weight excluding hydrogens is 282 g/mol. The Morgan fingerprint density at radius 1 is 1.14 bits per heavy atom. The molecule has 4 amide bonds. The van der Waals surface area contributed by atoms with Gasteiger partial charge < -0.3 is 10.2 Å². The van der Waals surface area contributed by atoms with E-state index in [0.29, 0.717) is 19.0 Å². The number of urea groups is 1. The molecule has 2 fully saturated rings. The molecule has 6 heteroatoms. The summed E-state index contributed by atoms with van der Waals surface area (Å²) in [5, 5.41) is 4.61. The minimum atomic E-state index is -0.730. The van der Waals surface area contributed by atoms with E-state index in [1.54, 1.807) is 4.90 Å². The fourth-order valence-corrected chi connectivity index (χ4v) is 3.09. The van der Waals surface area contributed by atoms with E-state index in [1.807, 2.05) is 18.2 Å². The highest BCUT2D eigenvalue weighted by atomic mass is 16.2. The number of piperidine rings is 1. The standard InChI is InChI=1S/C16H19N3O3/c20-14(10-13-15(21)18-16(22)17-13)19-8-6-12(7-9-19)11-4-2-1-3-5-11/h1-5,12-13H,6-10H2,(H2,17,18,21,22). The van der Waals surface area contributed by atoms with Crippen LogP contribution in [-0.2, 0) is 9.59 Å². The number of nitrogens with one attached hydrogen (secondary N) is 2. The number of nitrogens with zero attached hydrogens (tertiary/aromatic N) is 1. The third-order valence-corrected chi connectivity index (χ3v) is 4.36. The maximum atomic E-state index is 12.2. The number of benzene rings is 1. The number of imide groups is 1. The molecule has 0 saturated carbocycles. The van der Waals surface area contributed by atoms with Gasteiger partial charge in [0.1, 0.15) is 6.04 Å². The van der Waals surface area contributed by atoms with Crippen LogP contribution in [0.25, 0.3) is 0 Å². The maximum absolute atomic E-state index is 12.2. The molecule has 0 bridgehead atoms. The lowest BCUT2D eigenvalue weighted by atomic mass is 9.89. The van der Waals surface area contributed by atoms with Gasteiger partial charge in [0.2, 0.25) is 5.91 Å². The summed E-state index contributed by atoms with van der Waals surface area (Å²) in [6, 6.07) is 9.07. The highest BCUT2D eigenvalue weighted by molar-refractivity contribution is 6.05. The Morgan fingerprint density at radius 2 is 1.82 bits per heavy atom. The SMILES string of the molecule is O=C1NC(=O)C(CC(=O)N2CCC(c3ccccc3)CC2)N1. The van der Waals surface area contributed by atoms with Gasteiger partial charge in [0.15, 0.2) is 0 Å². The molecule has 2 aliphatic rings. The highest BCUT2D eigenvalue weighted by Crippen LogP contribution is 2.28. The van der Waals surface area contributed by atoms with Gasteiger partial charge in [0.05, 0.1) is 6.42 Å². The lowest BCUT2D eigenvalue weighted by Crippen LogP contribution is -2.42. The van der Waals surface area contributed by atoms with Crippen LogP contribution in [-0.4, -0.2) is 41.9 Å². The van der Waals surface area contributed by atoms with E-state index >= 15 is 0 Å². The average molecular weight is 301 g/mol. The molecule has 1 atom stereocenters. The minimum Gasteiger partial charge on any atom is -0.343 e. The van der Waals surface area contributed by atoms with E-state index in [1.165, 1.54) is 5.56 Å². The number of hydrogen-bond acceptors (Lipinski definition) is 3. The zero-order valence-corrected chi connectivity index (χ0v) is 12.2. The predicted octanol–water partition coefficient (Wildman–Crippen LogP) is 0.991. The van der Waals surface area contributed by atoms with Gasteiger partial charge in [-0.25, -0.2) is 4.79 Å². The van der Waals surface area contributed by atoms with Crippen molar-refractivity contribution in [1.29, 1.82) is 0 Å². The molecule has 2 heterocycles. The first kappa shape index (κ1) is 14.6. The second-order valence-corrected chi connectivity index (χ2v) is 5.79. The first-order valence-electron chi connectivity index (χ1n) is 7.57. The molecule has 6 nitrogen and oxygen atoms in total. The smallest absolute Gasteiger partial charge is 0.322 e. The average Bonchev–Trinajstić information content (AvgIpc) is 2.86. The highest BCUT2D eigenvalue weighted by Gasteiger charge is 2.33. The summed E-state index contributed by atoms with van der Waals surface area (Å²) in [5.41, 5.74) is 1.32. The van der Waals surface area contributed by atoms with Crippen molar-refractivity contribution in [3.63, 3.8) is 0 Å². The first-order valence-corrected chi connectivity index (χ1v) is 7.57. The molecule has 1 unspecified atom stereocenters. The van der Waals surface area contributed by atoms with Crippen LogP contribution in [0.1, 0.15) is 30.7 Å². The third-order valence-electron chi connectivity index (χ3n) is 4.36. The Bertz CT molecular complexity index is 580. The Morgan fingerprint density at radius 3 is 2.41 bits per heavy atom. The molecule has 116 valence electrons. The maximum Gasteiger partial charge on any atom is 0.322 e. The van der Waals surface area contributed by atoms with Crippen LogP contribution >= 0.6 is 0 Å². The van der Waals surface area contributed by atoms with Crippen molar-refractivity contribution in [2.45, 2.75) is 31.2 Å². The minimum absolute atomic E-state index is 0.0353. The van der Waals surface area contributed by atoms with Crippen LogP contribution in [0.4, 0.5) is 4.79 Å². The van der Waals surface area contributed by atoms with Crippen LogP contribution in [0.5, 0.6) is 0 Å². The van der Waals surface area contributed by atoms with Gasteiger partial charge in [0, 0.05) is 13.1 Å². The molecule has 0 aliphatic carbocycles. The number of amides is 4. The lowest BCUT2D eigenvalue weighted by molar-refractivity contribution is -0.134. The number of likely N-dealkylation sites (tertiary alicyclic amines) is 1. The lowest BCUT2D eigenvalue weighted by Gasteiger charge is -2.32. The zero-order valence-electron chi connectivity index (χ0n) is 12.2. The fraction of sp³-hybridized carbons (Fsp3) is 0.438. The molecule has 1 aromatic rings. The molecule has 2 N–H and O–H groups in total. The molecule has 2 aliphatic heterocycles. The van der Waals surface area contributed by atoms with Crippen molar-refractivity contribution >= 4 is 17.8 Å². The Labute approximate surface area is 128 Å². The predicted molar refractivity (Wildman–Crippen MR) is 80.1 cm³/mol. The molecule has 0 aromatic heterocycles. The van der Waals surface area contributed by atoms with Gasteiger partial charge in [-0.1, -0.05) is 30.3 Å². The monoisotopic (exact) mass is 301 g/mol. The van der Waals surface area contributed by atoms with Crippen molar-refractivity contribution in [3.8, 4) is 0 Å². The molecule has 0 spiro atoms. The van der Waals surface area contributed by atoms with Crippen LogP contribution in [0.3, 0.4) is 0 Å². The van der Waals surface area contributed by atoms with E-state index in [-0.39, 0.29) is 12.3 Å². The van der Waals surface area contributed by atoms with Gasteiger partial charge in [0.25, 0.3) is 5.91 Å². The quantitative estimate of drug-likeness (QED) is 0.817. The third kappa shape index (κ3) is 3.10. The van der Waals surface area contributed by atoms with Crippen LogP contribution in [0, 0.1) is 0 Å². The van der Waals surface area contributed by atoms with Gasteiger partial charge in [-0.05, 0) is 24.3 Å². The summed E-state index contributed by atoms with van der Waals surface area (Å²) in [6.07, 6.45) is 1.89. The van der Waals surface area contributed by atoms with Crippen molar-refractivity contribution in [3.05, 3.63) is 35.9 Å². The van der Waals surface area contributed by atoms with Gasteiger partial charge in [-0.15, -0.1) is 0 Å². The van der Waals surface area contributed by atoms with Gasteiger partial charge in [-0.3, -0.25) is 14.9 Å². The zero-order chi connectivity index (χ0) is 15.5. The molecule has 0 radical (unpaired) electrons. The second-order valence-electron chi connectivity index (χ2n) is 5.79. The van der Waals surface area contributed by atoms with Crippen LogP contribution in [0.2, 0.25) is 0 Å². The number of rotatable bonds is 3. The van der Waals surface area contributed by atoms with E-state index < -0.39 is 18.0 Å². The Kier molecular flexibility index (Phi) is 4.09. The summed E-state index contributed by atoms with van der Waals surface area (Å²) >= 11 is 0. The Balaban J connectivity index is 1.52. The molecular formula is C16H19N3O3. The fourth-order valence-electron chi connectivity index (χ4n) is 3.09. The number of carbonyl (C=O) groups is 3. The van der Waals surface area contributed by atoms with E-state index in [9.17, 15) is 14.4 Å². The van der Waals surface area contributed by atoms with Gasteiger partial charge >= 0.3 is 6.03 Å². The molecule has 3 rings (SSSR count). The van der Waals surface area contributed by atoms with Crippen molar-refractivity contribution < 1.29 is 14.4 Å². The van der Waals surface area contributed by atoms with E-state index in [2.05, 4.69) is 22.8 Å². The Hall–Kier alpha value is -2.37. The second kappa shape index (κ2) is 6.17. The summed E-state index contributed by atoms with van der Waals surface area (Å²) in [6.45, 7) is 1.39. The van der Waals surface area contributed by atoms with Crippen molar-refractivity contribution in [2.75, 3.05) is 13.1 Å². The largest absolute Gasteiger partial charge is 0.343 e. The van der Waals surface area contributed by atoms with E-state index in [0.717, 1.165) is 12.8 Å². The van der Waals surface area contributed by atoms with Gasteiger partial charge in [-0.2, -0.15) is 0 Å². The normalized spacial score (nSPS) is 22.4. The number of carbonyl (C=O) groups excluding carboxylic acids is 3. The topological polar surface area (TPSA) is 78.5 Å². The summed E-state index contributed by atoms with van der Waals surface area (Å²) in [7, 11) is 0. The van der Waals surface area contributed by atoms with Crippen LogP contribution < -0.4 is 10.6 Å². The van der Waals surface area contributed by atoms with Crippen LogP contribution in [0.15, 0.2) is 30.3 Å². The molecule has 2 saturated heterocycles. The summed E-state index contributed by atoms with van der Waals surface area (Å²) < 4.78 is 0. The first-order chi connectivity index (χ1) is 10.6. The van der Waals surface area contributed by atoms with E-state index in [4.69, 9.17) is 0 Å². The number of hydrogen-bond donors (Lipinski definition) is 2.